The van der Waals surface area contributed by atoms with Crippen molar-refractivity contribution >= 4 is 17.3 Å². The van der Waals surface area contributed by atoms with E-state index >= 15 is 0 Å². The number of carbonyl (C=O) groups is 1. The number of benzene rings is 2. The molecule has 0 aliphatic carbocycles. The van der Waals surface area contributed by atoms with Gasteiger partial charge in [-0.15, -0.1) is 0 Å². The molecule has 1 unspecified atom stereocenters. The van der Waals surface area contributed by atoms with Crippen LogP contribution in [0.4, 0.5) is 11.4 Å². The van der Waals surface area contributed by atoms with E-state index in [2.05, 4.69) is 32.2 Å². The van der Waals surface area contributed by atoms with Gasteiger partial charge in [-0.3, -0.25) is 0 Å². The van der Waals surface area contributed by atoms with Crippen LogP contribution >= 0.6 is 0 Å². The molecule has 3 N–H and O–H groups in total. The standard InChI is InChI=1S/C22H27N3O2/c1-5-17-18(14(3)4)11-12-19(20(17)24)21(22(26)27-6-2)25-16-9-7-15(13-23)8-10-16/h7-12,14,21,25H,5-6,24H2,1-4H3. The van der Waals surface area contributed by atoms with Gasteiger partial charge in [0.1, 0.15) is 0 Å². The van der Waals surface area contributed by atoms with Gasteiger partial charge in [0.25, 0.3) is 0 Å². The maximum Gasteiger partial charge on any atom is 0.333 e. The third-order valence-corrected chi connectivity index (χ3v) is 4.56. The zero-order valence-electron chi connectivity index (χ0n) is 16.4. The molecule has 0 aromatic heterocycles. The second kappa shape index (κ2) is 9.09. The van der Waals surface area contributed by atoms with E-state index in [1.54, 1.807) is 31.2 Å². The van der Waals surface area contributed by atoms with E-state index < -0.39 is 6.04 Å². The van der Waals surface area contributed by atoms with E-state index in [1.165, 1.54) is 5.56 Å². The number of carbonyl (C=O) groups excluding carboxylic acids is 1. The van der Waals surface area contributed by atoms with E-state index in [0.717, 1.165) is 17.7 Å². The van der Waals surface area contributed by atoms with Crippen LogP contribution in [-0.2, 0) is 16.0 Å². The molecular weight excluding hydrogens is 338 g/mol. The fourth-order valence-electron chi connectivity index (χ4n) is 3.18. The molecule has 27 heavy (non-hydrogen) atoms. The van der Waals surface area contributed by atoms with Gasteiger partial charge >= 0.3 is 5.97 Å². The maximum atomic E-state index is 12.6. The molecule has 1 atom stereocenters. The summed E-state index contributed by atoms with van der Waals surface area (Å²) in [6.45, 7) is 8.39. The summed E-state index contributed by atoms with van der Waals surface area (Å²) in [4.78, 5) is 12.6. The van der Waals surface area contributed by atoms with E-state index in [4.69, 9.17) is 15.7 Å². The highest BCUT2D eigenvalue weighted by molar-refractivity contribution is 5.84. The summed E-state index contributed by atoms with van der Waals surface area (Å²) in [5, 5.41) is 12.2. The lowest BCUT2D eigenvalue weighted by Crippen LogP contribution is -2.25. The van der Waals surface area contributed by atoms with Crippen molar-refractivity contribution in [2.75, 3.05) is 17.7 Å². The van der Waals surface area contributed by atoms with E-state index in [-0.39, 0.29) is 12.6 Å². The zero-order valence-corrected chi connectivity index (χ0v) is 16.4. The average molecular weight is 365 g/mol. The first-order chi connectivity index (χ1) is 12.9. The molecule has 2 aromatic carbocycles. The summed E-state index contributed by atoms with van der Waals surface area (Å²) >= 11 is 0. The number of nitrogens with one attached hydrogen (secondary N) is 1. The largest absolute Gasteiger partial charge is 0.464 e. The maximum absolute atomic E-state index is 12.6. The Bertz CT molecular complexity index is 836. The first kappa shape index (κ1) is 20.3. The highest BCUT2D eigenvalue weighted by Gasteiger charge is 2.26. The highest BCUT2D eigenvalue weighted by Crippen LogP contribution is 2.33. The van der Waals surface area contributed by atoms with Crippen molar-refractivity contribution in [2.45, 2.75) is 46.1 Å². The Morgan fingerprint density at radius 2 is 1.78 bits per heavy atom. The van der Waals surface area contributed by atoms with Gasteiger partial charge in [0.2, 0.25) is 0 Å². The number of ether oxygens (including phenoxy) is 1. The fraction of sp³-hybridized carbons (Fsp3) is 0.364. The van der Waals surface area contributed by atoms with Crippen LogP contribution in [0.2, 0.25) is 0 Å². The van der Waals surface area contributed by atoms with Gasteiger partial charge in [0.15, 0.2) is 6.04 Å². The van der Waals surface area contributed by atoms with E-state index in [0.29, 0.717) is 22.7 Å². The smallest absolute Gasteiger partial charge is 0.333 e. The van der Waals surface area contributed by atoms with Crippen molar-refractivity contribution in [3.63, 3.8) is 0 Å². The average Bonchev–Trinajstić information content (AvgIpc) is 2.66. The van der Waals surface area contributed by atoms with Gasteiger partial charge in [-0.1, -0.05) is 32.9 Å². The minimum atomic E-state index is -0.718. The van der Waals surface area contributed by atoms with Crippen molar-refractivity contribution in [2.24, 2.45) is 0 Å². The Labute approximate surface area is 161 Å². The lowest BCUT2D eigenvalue weighted by atomic mass is 9.90. The number of esters is 1. The van der Waals surface area contributed by atoms with Crippen LogP contribution in [0.25, 0.3) is 0 Å². The van der Waals surface area contributed by atoms with Gasteiger partial charge in [-0.25, -0.2) is 4.79 Å². The van der Waals surface area contributed by atoms with Crippen LogP contribution in [-0.4, -0.2) is 12.6 Å². The van der Waals surface area contributed by atoms with Crippen molar-refractivity contribution in [1.82, 2.24) is 0 Å². The third-order valence-electron chi connectivity index (χ3n) is 4.56. The SMILES string of the molecule is CCOC(=O)C(Nc1ccc(C#N)cc1)c1ccc(C(C)C)c(CC)c1N. The monoisotopic (exact) mass is 365 g/mol. The number of nitrogen functional groups attached to an aromatic ring is 1. The number of hydrogen-bond donors (Lipinski definition) is 2. The Kier molecular flexibility index (Phi) is 6.84. The summed E-state index contributed by atoms with van der Waals surface area (Å²) in [6.07, 6.45) is 0.791. The highest BCUT2D eigenvalue weighted by atomic mass is 16.5. The van der Waals surface area contributed by atoms with Crippen LogP contribution in [0.1, 0.15) is 61.9 Å². The van der Waals surface area contributed by atoms with Gasteiger partial charge in [0.05, 0.1) is 18.2 Å². The van der Waals surface area contributed by atoms with Crippen LogP contribution in [0.3, 0.4) is 0 Å². The van der Waals surface area contributed by atoms with Crippen molar-refractivity contribution in [3.8, 4) is 6.07 Å². The number of anilines is 2. The van der Waals surface area contributed by atoms with Crippen molar-refractivity contribution < 1.29 is 9.53 Å². The fourth-order valence-corrected chi connectivity index (χ4v) is 3.18. The van der Waals surface area contributed by atoms with Crippen LogP contribution in [0.15, 0.2) is 36.4 Å². The lowest BCUT2D eigenvalue weighted by molar-refractivity contribution is -0.144. The zero-order chi connectivity index (χ0) is 20.0. The Hall–Kier alpha value is -3.00. The molecule has 5 heteroatoms. The number of nitrogens with two attached hydrogens (primary N) is 1. The molecule has 2 aromatic rings. The molecule has 0 bridgehead atoms. The number of nitrogens with zero attached hydrogens (tertiary/aromatic N) is 1. The molecule has 0 saturated carbocycles. The second-order valence-electron chi connectivity index (χ2n) is 6.66. The van der Waals surface area contributed by atoms with Crippen molar-refractivity contribution in [1.29, 1.82) is 5.26 Å². The molecule has 0 saturated heterocycles. The third kappa shape index (κ3) is 4.59. The van der Waals surface area contributed by atoms with Crippen molar-refractivity contribution in [3.05, 3.63) is 58.7 Å². The minimum Gasteiger partial charge on any atom is -0.464 e. The molecule has 142 valence electrons. The summed E-state index contributed by atoms with van der Waals surface area (Å²) in [5.74, 6) is -0.0308. The summed E-state index contributed by atoms with van der Waals surface area (Å²) < 4.78 is 5.27. The molecule has 0 fully saturated rings. The van der Waals surface area contributed by atoms with Crippen LogP contribution < -0.4 is 11.1 Å². The number of rotatable bonds is 7. The quantitative estimate of drug-likeness (QED) is 0.555. The summed E-state index contributed by atoms with van der Waals surface area (Å²) in [6, 6.07) is 12.3. The first-order valence-electron chi connectivity index (χ1n) is 9.27. The summed E-state index contributed by atoms with van der Waals surface area (Å²) in [7, 11) is 0. The van der Waals surface area contributed by atoms with Gasteiger partial charge < -0.3 is 15.8 Å². The Morgan fingerprint density at radius 1 is 1.15 bits per heavy atom. The molecule has 0 heterocycles. The first-order valence-corrected chi connectivity index (χ1v) is 9.27. The molecule has 0 amide bonds. The molecule has 0 spiro atoms. The molecule has 0 radical (unpaired) electrons. The Balaban J connectivity index is 2.47. The summed E-state index contributed by atoms with van der Waals surface area (Å²) in [5.41, 5.74) is 11.4. The molecule has 0 aliphatic heterocycles. The van der Waals surface area contributed by atoms with E-state index in [9.17, 15) is 4.79 Å². The minimum absolute atomic E-state index is 0.287. The van der Waals surface area contributed by atoms with Gasteiger partial charge in [-0.2, -0.15) is 5.26 Å². The Morgan fingerprint density at radius 3 is 2.30 bits per heavy atom. The predicted octanol–water partition coefficient (Wildman–Crippen LogP) is 4.54. The topological polar surface area (TPSA) is 88.1 Å². The van der Waals surface area contributed by atoms with Crippen LogP contribution in [0.5, 0.6) is 0 Å². The van der Waals surface area contributed by atoms with Crippen LogP contribution in [0, 0.1) is 11.3 Å². The van der Waals surface area contributed by atoms with E-state index in [1.807, 2.05) is 12.1 Å². The number of hydrogen-bond acceptors (Lipinski definition) is 5. The molecule has 5 nitrogen and oxygen atoms in total. The predicted molar refractivity (Wildman–Crippen MR) is 108 cm³/mol. The molecular formula is C22H27N3O2. The second-order valence-corrected chi connectivity index (χ2v) is 6.66. The normalized spacial score (nSPS) is 11.7. The molecule has 2 rings (SSSR count). The number of nitriles is 1. The van der Waals surface area contributed by atoms with Gasteiger partial charge in [-0.05, 0) is 54.7 Å². The van der Waals surface area contributed by atoms with Gasteiger partial charge in [0, 0.05) is 16.9 Å². The lowest BCUT2D eigenvalue weighted by Gasteiger charge is -2.24. The molecule has 0 aliphatic rings.